The van der Waals surface area contributed by atoms with Crippen LogP contribution in [0.1, 0.15) is 41.7 Å². The number of aryl methyl sites for hydroxylation is 2. The lowest BCUT2D eigenvalue weighted by Gasteiger charge is -2.20. The van der Waals surface area contributed by atoms with E-state index in [1.54, 1.807) is 18.4 Å². The van der Waals surface area contributed by atoms with Crippen LogP contribution in [0.15, 0.2) is 22.8 Å². The number of fused-ring (bicyclic) bond motifs is 1. The molecule has 0 spiro atoms. The molecular formula is C19H22N4O3S. The zero-order chi connectivity index (χ0) is 19.8. The fourth-order valence-corrected chi connectivity index (χ4v) is 3.92. The summed E-state index contributed by atoms with van der Waals surface area (Å²) in [6, 6.07) is 3.57. The van der Waals surface area contributed by atoms with Crippen molar-refractivity contribution in [2.75, 3.05) is 6.54 Å². The first-order valence-electron chi connectivity index (χ1n) is 8.56. The molecule has 2 N–H and O–H groups in total. The number of nitrogens with zero attached hydrogens (tertiary/aromatic N) is 2. The Bertz CT molecular complexity index is 1000. The molecule has 3 aromatic rings. The van der Waals surface area contributed by atoms with Gasteiger partial charge in [-0.15, -0.1) is 11.3 Å². The monoisotopic (exact) mass is 386 g/mol. The Labute approximate surface area is 161 Å². The van der Waals surface area contributed by atoms with E-state index in [0.717, 1.165) is 21.5 Å². The van der Waals surface area contributed by atoms with Crippen LogP contribution in [0.2, 0.25) is 0 Å². The number of hydrogen-bond donors (Lipinski definition) is 2. The molecule has 0 radical (unpaired) electrons. The van der Waals surface area contributed by atoms with Crippen LogP contribution in [0, 0.1) is 13.8 Å². The van der Waals surface area contributed by atoms with Crippen molar-refractivity contribution in [3.05, 3.63) is 34.5 Å². The number of carbonyl (C=O) groups is 2. The highest BCUT2D eigenvalue weighted by Crippen LogP contribution is 2.32. The summed E-state index contributed by atoms with van der Waals surface area (Å²) < 4.78 is 5.37. The van der Waals surface area contributed by atoms with E-state index in [4.69, 9.17) is 4.42 Å². The van der Waals surface area contributed by atoms with E-state index in [1.165, 1.54) is 11.3 Å². The molecule has 2 amide bonds. The van der Waals surface area contributed by atoms with E-state index in [1.807, 2.05) is 34.6 Å². The molecule has 8 heteroatoms. The Balaban J connectivity index is 1.85. The zero-order valence-corrected chi connectivity index (χ0v) is 16.8. The predicted molar refractivity (Wildman–Crippen MR) is 105 cm³/mol. The normalized spacial score (nSPS) is 11.6. The second kappa shape index (κ2) is 7.11. The minimum absolute atomic E-state index is 0.0773. The SMILES string of the molecule is Cc1nc(-c2ccco2)nc2sc(C(=O)NCC(=O)NC(C)(C)C)c(C)c12. The van der Waals surface area contributed by atoms with Crippen LogP contribution < -0.4 is 10.6 Å². The van der Waals surface area contributed by atoms with Crippen molar-refractivity contribution in [2.24, 2.45) is 0 Å². The quantitative estimate of drug-likeness (QED) is 0.718. The van der Waals surface area contributed by atoms with Crippen LogP contribution in [-0.2, 0) is 4.79 Å². The number of nitrogens with one attached hydrogen (secondary N) is 2. The van der Waals surface area contributed by atoms with Gasteiger partial charge in [0.25, 0.3) is 5.91 Å². The van der Waals surface area contributed by atoms with Crippen LogP contribution in [0.3, 0.4) is 0 Å². The maximum absolute atomic E-state index is 12.6. The maximum Gasteiger partial charge on any atom is 0.262 e. The summed E-state index contributed by atoms with van der Waals surface area (Å²) >= 11 is 1.29. The van der Waals surface area contributed by atoms with E-state index >= 15 is 0 Å². The topological polar surface area (TPSA) is 97.1 Å². The van der Waals surface area contributed by atoms with Gasteiger partial charge in [-0.05, 0) is 52.3 Å². The molecule has 0 aliphatic heterocycles. The molecule has 27 heavy (non-hydrogen) atoms. The molecule has 7 nitrogen and oxygen atoms in total. The number of furan rings is 1. The van der Waals surface area contributed by atoms with Crippen molar-refractivity contribution in [1.82, 2.24) is 20.6 Å². The van der Waals surface area contributed by atoms with Gasteiger partial charge in [0.05, 0.1) is 23.4 Å². The molecular weight excluding hydrogens is 364 g/mol. The molecule has 0 bridgehead atoms. The molecule has 3 rings (SSSR count). The van der Waals surface area contributed by atoms with Crippen molar-refractivity contribution < 1.29 is 14.0 Å². The predicted octanol–water partition coefficient (Wildman–Crippen LogP) is 3.21. The Morgan fingerprint density at radius 1 is 1.22 bits per heavy atom. The minimum atomic E-state index is -0.343. The van der Waals surface area contributed by atoms with Gasteiger partial charge in [0.15, 0.2) is 11.6 Å². The Kier molecular flexibility index (Phi) is 5.01. The molecule has 0 saturated heterocycles. The molecule has 0 aliphatic rings. The lowest BCUT2D eigenvalue weighted by Crippen LogP contribution is -2.45. The van der Waals surface area contributed by atoms with Crippen LogP contribution in [0.5, 0.6) is 0 Å². The number of carbonyl (C=O) groups excluding carboxylic acids is 2. The Morgan fingerprint density at radius 2 is 1.96 bits per heavy atom. The van der Waals surface area contributed by atoms with Gasteiger partial charge in [-0.3, -0.25) is 9.59 Å². The molecule has 0 fully saturated rings. The van der Waals surface area contributed by atoms with Crippen LogP contribution in [0.4, 0.5) is 0 Å². The maximum atomic E-state index is 12.6. The smallest absolute Gasteiger partial charge is 0.262 e. The van der Waals surface area contributed by atoms with Gasteiger partial charge in [0.2, 0.25) is 5.91 Å². The highest BCUT2D eigenvalue weighted by atomic mass is 32.1. The zero-order valence-electron chi connectivity index (χ0n) is 16.0. The Morgan fingerprint density at radius 3 is 2.59 bits per heavy atom. The molecule has 0 unspecified atom stereocenters. The number of hydrogen-bond acceptors (Lipinski definition) is 6. The summed E-state index contributed by atoms with van der Waals surface area (Å²) in [5.41, 5.74) is 1.25. The van der Waals surface area contributed by atoms with Crippen LogP contribution in [0.25, 0.3) is 21.8 Å². The van der Waals surface area contributed by atoms with E-state index in [-0.39, 0.29) is 23.9 Å². The molecule has 0 aromatic carbocycles. The van der Waals surface area contributed by atoms with Gasteiger partial charge >= 0.3 is 0 Å². The standard InChI is InChI=1S/C19H22N4O3S/c1-10-14-11(2)21-16(12-7-6-8-26-12)22-18(14)27-15(10)17(25)20-9-13(24)23-19(3,4)5/h6-8H,9H2,1-5H3,(H,20,25)(H,23,24). The van der Waals surface area contributed by atoms with E-state index in [9.17, 15) is 9.59 Å². The molecule has 0 aliphatic carbocycles. The lowest BCUT2D eigenvalue weighted by molar-refractivity contribution is -0.121. The third kappa shape index (κ3) is 4.16. The number of thiophene rings is 1. The summed E-state index contributed by atoms with van der Waals surface area (Å²) in [7, 11) is 0. The molecule has 142 valence electrons. The van der Waals surface area contributed by atoms with Crippen molar-refractivity contribution >= 4 is 33.4 Å². The van der Waals surface area contributed by atoms with Crippen molar-refractivity contribution in [1.29, 1.82) is 0 Å². The molecule has 3 aromatic heterocycles. The first kappa shape index (κ1) is 19.0. The average Bonchev–Trinajstić information content (AvgIpc) is 3.19. The van der Waals surface area contributed by atoms with E-state index in [2.05, 4.69) is 20.6 Å². The van der Waals surface area contributed by atoms with E-state index < -0.39 is 0 Å². The second-order valence-electron chi connectivity index (χ2n) is 7.33. The highest BCUT2D eigenvalue weighted by molar-refractivity contribution is 7.20. The van der Waals surface area contributed by atoms with Crippen molar-refractivity contribution in [3.63, 3.8) is 0 Å². The fourth-order valence-electron chi connectivity index (χ4n) is 2.77. The minimum Gasteiger partial charge on any atom is -0.461 e. The summed E-state index contributed by atoms with van der Waals surface area (Å²) in [5.74, 6) is 0.544. The van der Waals surface area contributed by atoms with Crippen molar-refractivity contribution in [3.8, 4) is 11.6 Å². The molecule has 0 saturated carbocycles. The fraction of sp³-hybridized carbons (Fsp3) is 0.368. The third-order valence-corrected chi connectivity index (χ3v) is 5.03. The largest absolute Gasteiger partial charge is 0.461 e. The number of aromatic nitrogens is 2. The highest BCUT2D eigenvalue weighted by Gasteiger charge is 2.21. The van der Waals surface area contributed by atoms with Gasteiger partial charge in [-0.2, -0.15) is 0 Å². The van der Waals surface area contributed by atoms with Gasteiger partial charge in [0.1, 0.15) is 4.83 Å². The number of rotatable bonds is 4. The van der Waals surface area contributed by atoms with Crippen molar-refractivity contribution in [2.45, 2.75) is 40.2 Å². The summed E-state index contributed by atoms with van der Waals surface area (Å²) in [5, 5.41) is 6.35. The number of amides is 2. The van der Waals surface area contributed by atoms with Gasteiger partial charge in [-0.1, -0.05) is 0 Å². The first-order valence-corrected chi connectivity index (χ1v) is 9.38. The summed E-state index contributed by atoms with van der Waals surface area (Å²) in [4.78, 5) is 34.8. The average molecular weight is 386 g/mol. The van der Waals surface area contributed by atoms with Gasteiger partial charge in [-0.25, -0.2) is 9.97 Å². The lowest BCUT2D eigenvalue weighted by atomic mass is 10.1. The third-order valence-electron chi connectivity index (χ3n) is 3.84. The summed E-state index contributed by atoms with van der Waals surface area (Å²) in [6.07, 6.45) is 1.57. The molecule has 0 atom stereocenters. The van der Waals surface area contributed by atoms with Gasteiger partial charge in [0, 0.05) is 10.9 Å². The molecule has 3 heterocycles. The summed E-state index contributed by atoms with van der Waals surface area (Å²) in [6.45, 7) is 9.34. The van der Waals surface area contributed by atoms with Gasteiger partial charge < -0.3 is 15.1 Å². The van der Waals surface area contributed by atoms with Crippen LogP contribution >= 0.6 is 11.3 Å². The first-order chi connectivity index (χ1) is 12.7. The second-order valence-corrected chi connectivity index (χ2v) is 8.33. The Hall–Kier alpha value is -2.74. The van der Waals surface area contributed by atoms with E-state index in [0.29, 0.717) is 16.5 Å². The van der Waals surface area contributed by atoms with Crippen LogP contribution in [-0.4, -0.2) is 33.9 Å².